The summed E-state index contributed by atoms with van der Waals surface area (Å²) in [5.41, 5.74) is 1.86. The van der Waals surface area contributed by atoms with Gasteiger partial charge in [0.1, 0.15) is 5.82 Å². The van der Waals surface area contributed by atoms with Crippen LogP contribution in [-0.4, -0.2) is 16.3 Å². The summed E-state index contributed by atoms with van der Waals surface area (Å²) in [6, 6.07) is 4.96. The van der Waals surface area contributed by atoms with E-state index in [1.807, 2.05) is 24.6 Å². The van der Waals surface area contributed by atoms with Crippen molar-refractivity contribution >= 4 is 31.9 Å². The van der Waals surface area contributed by atoms with Crippen LogP contribution in [0.15, 0.2) is 33.3 Å². The summed E-state index contributed by atoms with van der Waals surface area (Å²) in [5.74, 6) is -0.260. The van der Waals surface area contributed by atoms with E-state index in [2.05, 4.69) is 42.3 Å². The molecular weight excluding hydrogens is 389 g/mol. The fourth-order valence-corrected chi connectivity index (χ4v) is 3.23. The molecule has 2 aromatic rings. The smallest absolute Gasteiger partial charge is 0.137 e. The van der Waals surface area contributed by atoms with Gasteiger partial charge < -0.3 is 5.32 Å². The van der Waals surface area contributed by atoms with E-state index in [0.29, 0.717) is 4.47 Å². The first-order valence-corrected chi connectivity index (χ1v) is 8.07. The molecular formula is C14H16Br2FN3. The van der Waals surface area contributed by atoms with Crippen molar-refractivity contribution in [3.63, 3.8) is 0 Å². The molecule has 1 atom stereocenters. The Morgan fingerprint density at radius 2 is 2.10 bits per heavy atom. The molecule has 0 saturated carbocycles. The van der Waals surface area contributed by atoms with Gasteiger partial charge in [-0.15, -0.1) is 0 Å². The van der Waals surface area contributed by atoms with Crippen molar-refractivity contribution in [2.24, 2.45) is 0 Å². The monoisotopic (exact) mass is 403 g/mol. The van der Waals surface area contributed by atoms with Crippen molar-refractivity contribution in [2.45, 2.75) is 26.4 Å². The number of hydrogen-bond donors (Lipinski definition) is 1. The maximum atomic E-state index is 13.8. The number of hydrogen-bond acceptors (Lipinski definition) is 2. The SMILES string of the molecule is CCNC(c1cccc(F)c1Br)c1c(Br)cnn1CC. The Kier molecular flexibility index (Phi) is 5.35. The molecule has 1 unspecified atom stereocenters. The Hall–Kier alpha value is -0.720. The van der Waals surface area contributed by atoms with Crippen LogP contribution < -0.4 is 5.32 Å². The van der Waals surface area contributed by atoms with E-state index in [-0.39, 0.29) is 11.9 Å². The normalized spacial score (nSPS) is 12.7. The van der Waals surface area contributed by atoms with Crippen molar-refractivity contribution in [1.82, 2.24) is 15.1 Å². The molecule has 1 N–H and O–H groups in total. The predicted molar refractivity (Wildman–Crippen MR) is 85.2 cm³/mol. The summed E-state index contributed by atoms with van der Waals surface area (Å²) in [4.78, 5) is 0. The highest BCUT2D eigenvalue weighted by Crippen LogP contribution is 2.33. The highest BCUT2D eigenvalue weighted by Gasteiger charge is 2.23. The number of benzene rings is 1. The second kappa shape index (κ2) is 6.83. The Bertz CT molecular complexity index is 598. The zero-order valence-corrected chi connectivity index (χ0v) is 14.5. The summed E-state index contributed by atoms with van der Waals surface area (Å²) in [7, 11) is 0. The number of halogens is 3. The van der Waals surface area contributed by atoms with E-state index in [4.69, 9.17) is 0 Å². The quantitative estimate of drug-likeness (QED) is 0.806. The molecule has 0 amide bonds. The first kappa shape index (κ1) is 15.7. The van der Waals surface area contributed by atoms with Crippen LogP contribution in [0.2, 0.25) is 0 Å². The number of nitrogens with one attached hydrogen (secondary N) is 1. The summed E-state index contributed by atoms with van der Waals surface area (Å²) >= 11 is 6.88. The minimum atomic E-state index is -0.260. The van der Waals surface area contributed by atoms with Gasteiger partial charge in [0.2, 0.25) is 0 Å². The third kappa shape index (κ3) is 2.97. The van der Waals surface area contributed by atoms with Crippen molar-refractivity contribution in [1.29, 1.82) is 0 Å². The van der Waals surface area contributed by atoms with Crippen LogP contribution in [-0.2, 0) is 6.54 Å². The summed E-state index contributed by atoms with van der Waals surface area (Å²) in [6.07, 6.45) is 1.77. The van der Waals surface area contributed by atoms with Gasteiger partial charge in [0.25, 0.3) is 0 Å². The van der Waals surface area contributed by atoms with Gasteiger partial charge >= 0.3 is 0 Å². The molecule has 0 aliphatic rings. The molecule has 2 rings (SSSR count). The lowest BCUT2D eigenvalue weighted by atomic mass is 10.0. The van der Waals surface area contributed by atoms with E-state index >= 15 is 0 Å². The zero-order valence-electron chi connectivity index (χ0n) is 11.3. The molecule has 0 radical (unpaired) electrons. The minimum absolute atomic E-state index is 0.123. The molecule has 0 bridgehead atoms. The lowest BCUT2D eigenvalue weighted by molar-refractivity contribution is 0.534. The largest absolute Gasteiger partial charge is 0.305 e. The van der Waals surface area contributed by atoms with E-state index in [0.717, 1.165) is 28.8 Å². The van der Waals surface area contributed by atoms with E-state index in [1.165, 1.54) is 6.07 Å². The van der Waals surface area contributed by atoms with E-state index in [1.54, 1.807) is 12.3 Å². The van der Waals surface area contributed by atoms with Gasteiger partial charge in [-0.05, 0) is 57.0 Å². The average molecular weight is 405 g/mol. The molecule has 108 valence electrons. The fraction of sp³-hybridized carbons (Fsp3) is 0.357. The van der Waals surface area contributed by atoms with Gasteiger partial charge in [0.05, 0.1) is 26.9 Å². The van der Waals surface area contributed by atoms with Gasteiger partial charge in [0.15, 0.2) is 0 Å². The third-order valence-corrected chi connectivity index (χ3v) is 4.55. The van der Waals surface area contributed by atoms with Gasteiger partial charge in [-0.3, -0.25) is 4.68 Å². The Morgan fingerprint density at radius 1 is 1.35 bits per heavy atom. The lowest BCUT2D eigenvalue weighted by Crippen LogP contribution is -2.25. The van der Waals surface area contributed by atoms with Crippen LogP contribution in [0.3, 0.4) is 0 Å². The first-order valence-electron chi connectivity index (χ1n) is 6.48. The standard InChI is InChI=1S/C14H16Br2FN3/c1-3-18-13(9-6-5-7-11(17)12(9)16)14-10(15)8-19-20(14)4-2/h5-8,13,18H,3-4H2,1-2H3. The zero-order chi connectivity index (χ0) is 14.7. The average Bonchev–Trinajstić information content (AvgIpc) is 2.81. The van der Waals surface area contributed by atoms with Crippen LogP contribution in [0.1, 0.15) is 31.1 Å². The van der Waals surface area contributed by atoms with Crippen molar-refractivity contribution < 1.29 is 4.39 Å². The van der Waals surface area contributed by atoms with Crippen LogP contribution in [0.25, 0.3) is 0 Å². The molecule has 1 aromatic carbocycles. The maximum Gasteiger partial charge on any atom is 0.137 e. The molecule has 6 heteroatoms. The molecule has 0 fully saturated rings. The van der Waals surface area contributed by atoms with E-state index in [9.17, 15) is 4.39 Å². The number of nitrogens with zero attached hydrogens (tertiary/aromatic N) is 2. The fourth-order valence-electron chi connectivity index (χ4n) is 2.21. The first-order chi connectivity index (χ1) is 9.60. The Morgan fingerprint density at radius 3 is 2.75 bits per heavy atom. The van der Waals surface area contributed by atoms with Gasteiger partial charge in [-0.1, -0.05) is 19.1 Å². The van der Waals surface area contributed by atoms with E-state index < -0.39 is 0 Å². The van der Waals surface area contributed by atoms with Crippen molar-refractivity contribution in [3.05, 3.63) is 50.4 Å². The topological polar surface area (TPSA) is 29.9 Å². The second-order valence-electron chi connectivity index (χ2n) is 4.33. The van der Waals surface area contributed by atoms with Crippen molar-refractivity contribution in [3.8, 4) is 0 Å². The van der Waals surface area contributed by atoms with Gasteiger partial charge in [0, 0.05) is 6.54 Å². The molecule has 20 heavy (non-hydrogen) atoms. The highest BCUT2D eigenvalue weighted by molar-refractivity contribution is 9.10. The third-order valence-electron chi connectivity index (χ3n) is 3.11. The molecule has 3 nitrogen and oxygen atoms in total. The summed E-state index contributed by atoms with van der Waals surface area (Å²) in [6.45, 7) is 5.60. The summed E-state index contributed by atoms with van der Waals surface area (Å²) < 4.78 is 17.1. The minimum Gasteiger partial charge on any atom is -0.305 e. The van der Waals surface area contributed by atoms with Crippen LogP contribution in [0.5, 0.6) is 0 Å². The predicted octanol–water partition coefficient (Wildman–Crippen LogP) is 4.27. The Balaban J connectivity index is 2.56. The molecule has 1 heterocycles. The maximum absolute atomic E-state index is 13.8. The number of aryl methyl sites for hydroxylation is 1. The molecule has 0 aliphatic heterocycles. The number of aromatic nitrogens is 2. The van der Waals surface area contributed by atoms with Crippen LogP contribution >= 0.6 is 31.9 Å². The molecule has 0 aliphatic carbocycles. The molecule has 0 saturated heterocycles. The summed E-state index contributed by atoms with van der Waals surface area (Å²) in [5, 5.41) is 7.73. The van der Waals surface area contributed by atoms with Crippen LogP contribution in [0.4, 0.5) is 4.39 Å². The highest BCUT2D eigenvalue weighted by atomic mass is 79.9. The van der Waals surface area contributed by atoms with Crippen molar-refractivity contribution in [2.75, 3.05) is 6.54 Å². The van der Waals surface area contributed by atoms with Gasteiger partial charge in [-0.2, -0.15) is 5.10 Å². The Labute approximate surface area is 134 Å². The molecule has 1 aromatic heterocycles. The van der Waals surface area contributed by atoms with Gasteiger partial charge in [-0.25, -0.2) is 4.39 Å². The molecule has 0 spiro atoms. The second-order valence-corrected chi connectivity index (χ2v) is 5.97. The lowest BCUT2D eigenvalue weighted by Gasteiger charge is -2.21. The number of rotatable bonds is 5. The van der Waals surface area contributed by atoms with Crippen LogP contribution in [0, 0.1) is 5.82 Å².